The number of piperidine rings is 1. The molecule has 2 rings (SSSR count). The first-order valence-corrected chi connectivity index (χ1v) is 9.97. The smallest absolute Gasteiger partial charge is 0.240 e. The number of sulfonamides is 1. The van der Waals surface area contributed by atoms with Gasteiger partial charge in [-0.15, -0.1) is 0 Å². The number of amides is 2. The SMILES string of the molecule is COCCNS(=O)(=O)c1ccc(NC(=O)C2CCN(C(C)=O)CC2)cc1. The Labute approximate surface area is 153 Å². The van der Waals surface area contributed by atoms with Gasteiger partial charge in [0.2, 0.25) is 21.8 Å². The Hall–Kier alpha value is -1.97. The summed E-state index contributed by atoms with van der Waals surface area (Å²) in [7, 11) is -2.10. The lowest BCUT2D eigenvalue weighted by atomic mass is 9.96. The molecule has 26 heavy (non-hydrogen) atoms. The van der Waals surface area contributed by atoms with Gasteiger partial charge in [-0.05, 0) is 37.1 Å². The monoisotopic (exact) mass is 383 g/mol. The van der Waals surface area contributed by atoms with E-state index >= 15 is 0 Å². The Morgan fingerprint density at radius 1 is 1.19 bits per heavy atom. The van der Waals surface area contributed by atoms with Gasteiger partial charge in [0.05, 0.1) is 11.5 Å². The van der Waals surface area contributed by atoms with E-state index in [0.29, 0.717) is 31.6 Å². The summed E-state index contributed by atoms with van der Waals surface area (Å²) in [5, 5.41) is 2.81. The number of nitrogens with zero attached hydrogens (tertiary/aromatic N) is 1. The molecule has 1 aromatic carbocycles. The predicted molar refractivity (Wildman–Crippen MR) is 97.1 cm³/mol. The van der Waals surface area contributed by atoms with E-state index in [4.69, 9.17) is 4.74 Å². The topological polar surface area (TPSA) is 105 Å². The number of ether oxygens (including phenoxy) is 1. The molecule has 9 heteroatoms. The van der Waals surface area contributed by atoms with Crippen LogP contribution in [-0.2, 0) is 24.3 Å². The second-order valence-electron chi connectivity index (χ2n) is 6.18. The number of hydrogen-bond donors (Lipinski definition) is 2. The minimum Gasteiger partial charge on any atom is -0.383 e. The van der Waals surface area contributed by atoms with E-state index in [2.05, 4.69) is 10.0 Å². The molecule has 2 amide bonds. The average Bonchev–Trinajstić information content (AvgIpc) is 2.62. The Bertz CT molecular complexity index is 725. The fraction of sp³-hybridized carbons (Fsp3) is 0.529. The van der Waals surface area contributed by atoms with Crippen molar-refractivity contribution in [2.45, 2.75) is 24.7 Å². The second kappa shape index (κ2) is 9.11. The van der Waals surface area contributed by atoms with Crippen molar-refractivity contribution < 1.29 is 22.7 Å². The zero-order valence-electron chi connectivity index (χ0n) is 15.0. The summed E-state index contributed by atoms with van der Waals surface area (Å²) in [6.07, 6.45) is 1.25. The lowest BCUT2D eigenvalue weighted by Gasteiger charge is -2.30. The van der Waals surface area contributed by atoms with Crippen molar-refractivity contribution in [3.05, 3.63) is 24.3 Å². The van der Waals surface area contributed by atoms with E-state index in [1.807, 2.05) is 0 Å². The maximum atomic E-state index is 12.3. The lowest BCUT2D eigenvalue weighted by molar-refractivity contribution is -0.132. The minimum absolute atomic E-state index is 0.0276. The average molecular weight is 383 g/mol. The fourth-order valence-corrected chi connectivity index (χ4v) is 3.79. The molecule has 0 saturated carbocycles. The van der Waals surface area contributed by atoms with Gasteiger partial charge >= 0.3 is 0 Å². The zero-order chi connectivity index (χ0) is 19.2. The number of nitrogens with one attached hydrogen (secondary N) is 2. The van der Waals surface area contributed by atoms with Gasteiger partial charge in [0.25, 0.3) is 0 Å². The van der Waals surface area contributed by atoms with Crippen molar-refractivity contribution >= 4 is 27.5 Å². The summed E-state index contributed by atoms with van der Waals surface area (Å²) in [6.45, 7) is 3.17. The molecular weight excluding hydrogens is 358 g/mol. The van der Waals surface area contributed by atoms with Crippen molar-refractivity contribution in [1.82, 2.24) is 9.62 Å². The Morgan fingerprint density at radius 3 is 2.35 bits per heavy atom. The largest absolute Gasteiger partial charge is 0.383 e. The van der Waals surface area contributed by atoms with Crippen LogP contribution < -0.4 is 10.0 Å². The third-order valence-electron chi connectivity index (χ3n) is 4.34. The molecule has 1 heterocycles. The third-order valence-corrected chi connectivity index (χ3v) is 5.82. The molecule has 1 aromatic rings. The summed E-state index contributed by atoms with van der Waals surface area (Å²) < 4.78 is 31.4. The summed E-state index contributed by atoms with van der Waals surface area (Å²) in [4.78, 5) is 25.5. The van der Waals surface area contributed by atoms with Crippen LogP contribution in [0.5, 0.6) is 0 Å². The first kappa shape index (κ1) is 20.3. The maximum absolute atomic E-state index is 12.3. The molecular formula is C17H25N3O5S. The van der Waals surface area contributed by atoms with E-state index in [1.54, 1.807) is 17.0 Å². The van der Waals surface area contributed by atoms with Crippen LogP contribution in [0.15, 0.2) is 29.2 Å². The number of anilines is 1. The van der Waals surface area contributed by atoms with Gasteiger partial charge in [0, 0.05) is 45.3 Å². The van der Waals surface area contributed by atoms with Crippen LogP contribution in [0.1, 0.15) is 19.8 Å². The number of likely N-dealkylation sites (tertiary alicyclic amines) is 1. The van der Waals surface area contributed by atoms with E-state index in [0.717, 1.165) is 0 Å². The molecule has 0 bridgehead atoms. The van der Waals surface area contributed by atoms with Crippen molar-refractivity contribution in [3.63, 3.8) is 0 Å². The molecule has 0 radical (unpaired) electrons. The Kier molecular flexibility index (Phi) is 7.13. The standard InChI is InChI=1S/C17H25N3O5S/c1-13(21)20-10-7-14(8-11-20)17(22)19-15-3-5-16(6-4-15)26(23,24)18-9-12-25-2/h3-6,14,18H,7-12H2,1-2H3,(H,19,22). The summed E-state index contributed by atoms with van der Waals surface area (Å²) in [5.41, 5.74) is 0.542. The molecule has 144 valence electrons. The molecule has 1 saturated heterocycles. The van der Waals surface area contributed by atoms with Crippen LogP contribution in [0, 0.1) is 5.92 Å². The number of methoxy groups -OCH3 is 1. The van der Waals surface area contributed by atoms with Crippen molar-refractivity contribution in [1.29, 1.82) is 0 Å². The summed E-state index contributed by atoms with van der Waals surface area (Å²) in [6, 6.07) is 6.02. The van der Waals surface area contributed by atoms with Crippen LogP contribution in [0.2, 0.25) is 0 Å². The van der Waals surface area contributed by atoms with Gasteiger partial charge in [-0.2, -0.15) is 0 Å². The van der Waals surface area contributed by atoms with Crippen molar-refractivity contribution in [2.24, 2.45) is 5.92 Å². The summed E-state index contributed by atoms with van der Waals surface area (Å²) in [5.74, 6) is -0.230. The van der Waals surface area contributed by atoms with Gasteiger partial charge in [0.15, 0.2) is 0 Å². The van der Waals surface area contributed by atoms with Gasteiger partial charge in [0.1, 0.15) is 0 Å². The number of benzene rings is 1. The van der Waals surface area contributed by atoms with Gasteiger partial charge in [-0.1, -0.05) is 0 Å². The van der Waals surface area contributed by atoms with Crippen LogP contribution in [0.3, 0.4) is 0 Å². The fourth-order valence-electron chi connectivity index (χ4n) is 2.78. The van der Waals surface area contributed by atoms with E-state index < -0.39 is 10.0 Å². The van der Waals surface area contributed by atoms with Crippen molar-refractivity contribution in [2.75, 3.05) is 38.7 Å². The first-order valence-electron chi connectivity index (χ1n) is 8.48. The highest BCUT2D eigenvalue weighted by Crippen LogP contribution is 2.20. The summed E-state index contributed by atoms with van der Waals surface area (Å²) >= 11 is 0. The molecule has 1 aliphatic heterocycles. The number of carbonyl (C=O) groups is 2. The Morgan fingerprint density at radius 2 is 1.81 bits per heavy atom. The lowest BCUT2D eigenvalue weighted by Crippen LogP contribution is -2.40. The molecule has 0 atom stereocenters. The molecule has 0 spiro atoms. The van der Waals surface area contributed by atoms with Crippen LogP contribution >= 0.6 is 0 Å². The van der Waals surface area contributed by atoms with Crippen LogP contribution in [0.4, 0.5) is 5.69 Å². The van der Waals surface area contributed by atoms with Crippen LogP contribution in [-0.4, -0.2) is 58.5 Å². The molecule has 0 unspecified atom stereocenters. The highest BCUT2D eigenvalue weighted by Gasteiger charge is 2.26. The first-order chi connectivity index (χ1) is 12.3. The normalized spacial score (nSPS) is 15.7. The second-order valence-corrected chi connectivity index (χ2v) is 7.95. The number of rotatable bonds is 7. The number of hydrogen-bond acceptors (Lipinski definition) is 5. The molecule has 0 aliphatic carbocycles. The Balaban J connectivity index is 1.91. The van der Waals surface area contributed by atoms with E-state index in [9.17, 15) is 18.0 Å². The minimum atomic E-state index is -3.59. The van der Waals surface area contributed by atoms with E-state index in [1.165, 1.54) is 26.2 Å². The van der Waals surface area contributed by atoms with E-state index in [-0.39, 0.29) is 35.8 Å². The molecule has 1 aliphatic rings. The van der Waals surface area contributed by atoms with Gasteiger partial charge in [-0.3, -0.25) is 9.59 Å². The quantitative estimate of drug-likeness (QED) is 0.678. The molecule has 8 nitrogen and oxygen atoms in total. The third kappa shape index (κ3) is 5.52. The highest BCUT2D eigenvalue weighted by atomic mass is 32.2. The predicted octanol–water partition coefficient (Wildman–Crippen LogP) is 0.808. The zero-order valence-corrected chi connectivity index (χ0v) is 15.8. The maximum Gasteiger partial charge on any atom is 0.240 e. The van der Waals surface area contributed by atoms with Gasteiger partial charge in [-0.25, -0.2) is 13.1 Å². The van der Waals surface area contributed by atoms with Crippen LogP contribution in [0.25, 0.3) is 0 Å². The van der Waals surface area contributed by atoms with Gasteiger partial charge < -0.3 is 15.0 Å². The highest BCUT2D eigenvalue weighted by molar-refractivity contribution is 7.89. The molecule has 2 N–H and O–H groups in total. The molecule has 0 aromatic heterocycles. The van der Waals surface area contributed by atoms with Crippen molar-refractivity contribution in [3.8, 4) is 0 Å². The number of carbonyl (C=O) groups excluding carboxylic acids is 2. The molecule has 1 fully saturated rings.